The Kier molecular flexibility index (Phi) is 7.64. The summed E-state index contributed by atoms with van der Waals surface area (Å²) in [5.41, 5.74) is 19.1. The fourth-order valence-corrected chi connectivity index (χ4v) is 3.90. The number of hydrogen-bond acceptors (Lipinski definition) is 7. The van der Waals surface area contributed by atoms with E-state index in [-0.39, 0.29) is 18.0 Å². The lowest BCUT2D eigenvalue weighted by Gasteiger charge is -2.26. The van der Waals surface area contributed by atoms with Crippen LogP contribution in [0.25, 0.3) is 0 Å². The number of nitrogen functional groups attached to an aromatic ring is 1. The summed E-state index contributed by atoms with van der Waals surface area (Å²) in [5, 5.41) is 7.53. The molecule has 7 N–H and O–H groups in total. The number of nitrogens with one attached hydrogen (secondary N) is 1. The molecule has 182 valence electrons. The summed E-state index contributed by atoms with van der Waals surface area (Å²) in [7, 11) is 0. The first-order valence-electron chi connectivity index (χ1n) is 11.6. The highest BCUT2D eigenvalue weighted by Gasteiger charge is 2.23. The molecule has 0 saturated heterocycles. The summed E-state index contributed by atoms with van der Waals surface area (Å²) in [6.45, 7) is 0.439. The summed E-state index contributed by atoms with van der Waals surface area (Å²) in [6, 6.07) is 19.3. The van der Waals surface area contributed by atoms with Crippen molar-refractivity contribution in [3.05, 3.63) is 83.4 Å². The maximum atomic E-state index is 13.0. The van der Waals surface area contributed by atoms with E-state index in [1.807, 2.05) is 24.3 Å². The van der Waals surface area contributed by atoms with E-state index >= 15 is 0 Å². The summed E-state index contributed by atoms with van der Waals surface area (Å²) >= 11 is 0. The van der Waals surface area contributed by atoms with E-state index in [1.165, 1.54) is 0 Å². The van der Waals surface area contributed by atoms with Gasteiger partial charge in [0.1, 0.15) is 34.9 Å². The molecule has 4 rings (SSSR count). The Morgan fingerprint density at radius 1 is 0.800 bits per heavy atom. The molecule has 3 aromatic carbocycles. The van der Waals surface area contributed by atoms with E-state index in [1.54, 1.807) is 42.5 Å². The number of esters is 1. The zero-order valence-corrected chi connectivity index (χ0v) is 19.4. The zero-order chi connectivity index (χ0) is 24.8. The van der Waals surface area contributed by atoms with Crippen molar-refractivity contribution in [1.29, 1.82) is 5.41 Å². The minimum atomic E-state index is -0.439. The van der Waals surface area contributed by atoms with Crippen LogP contribution in [0.5, 0.6) is 23.0 Å². The monoisotopic (exact) mass is 474 g/mol. The molecule has 0 aliphatic heterocycles. The lowest BCUT2D eigenvalue weighted by atomic mass is 9.94. The molecule has 0 amide bonds. The van der Waals surface area contributed by atoms with E-state index in [9.17, 15) is 4.79 Å². The first-order chi connectivity index (χ1) is 16.9. The van der Waals surface area contributed by atoms with Gasteiger partial charge in [-0.2, -0.15) is 0 Å². The van der Waals surface area contributed by atoms with Crippen LogP contribution in [-0.2, 0) is 11.3 Å². The lowest BCUT2D eigenvalue weighted by Crippen LogP contribution is -2.31. The van der Waals surface area contributed by atoms with Gasteiger partial charge in [-0.3, -0.25) is 5.41 Å². The SMILES string of the molecule is N=C(N)c1ccc(Oc2cc(Oc3ccc(CN)cc3)cc(C(=O)OC3CCC(N)CC3)c2)cc1. The van der Waals surface area contributed by atoms with E-state index in [0.29, 0.717) is 40.7 Å². The number of carbonyl (C=O) groups is 1. The number of nitrogens with two attached hydrogens (primary N) is 3. The summed E-state index contributed by atoms with van der Waals surface area (Å²) in [4.78, 5) is 13.0. The van der Waals surface area contributed by atoms with Crippen LogP contribution in [0.4, 0.5) is 0 Å². The van der Waals surface area contributed by atoms with E-state index in [2.05, 4.69) is 0 Å². The van der Waals surface area contributed by atoms with Gasteiger partial charge in [0.05, 0.1) is 5.56 Å². The van der Waals surface area contributed by atoms with Crippen LogP contribution in [0, 0.1) is 5.41 Å². The molecule has 0 heterocycles. The number of ether oxygens (including phenoxy) is 3. The fraction of sp³-hybridized carbons (Fsp3) is 0.259. The van der Waals surface area contributed by atoms with Crippen molar-refractivity contribution in [3.63, 3.8) is 0 Å². The first kappa shape index (κ1) is 24.3. The molecule has 35 heavy (non-hydrogen) atoms. The normalized spacial score (nSPS) is 17.4. The Bertz CT molecular complexity index is 1170. The number of rotatable bonds is 8. The third kappa shape index (κ3) is 6.59. The Morgan fingerprint density at radius 2 is 1.34 bits per heavy atom. The summed E-state index contributed by atoms with van der Waals surface area (Å²) in [5.74, 6) is 1.51. The molecular weight excluding hydrogens is 444 g/mol. The minimum Gasteiger partial charge on any atom is -0.459 e. The Labute approximate surface area is 204 Å². The van der Waals surface area contributed by atoms with Crippen molar-refractivity contribution in [2.45, 2.75) is 44.4 Å². The molecule has 1 fully saturated rings. The maximum absolute atomic E-state index is 13.0. The van der Waals surface area contributed by atoms with Gasteiger partial charge in [0, 0.05) is 24.2 Å². The van der Waals surface area contributed by atoms with Gasteiger partial charge in [-0.25, -0.2) is 4.79 Å². The molecular formula is C27H30N4O4. The van der Waals surface area contributed by atoms with E-state index in [4.69, 9.17) is 36.8 Å². The standard InChI is InChI=1S/C27H30N4O4/c28-16-17-1-7-21(8-2-17)33-24-13-19(27(32)35-23-11-5-20(29)6-12-23)14-25(15-24)34-22-9-3-18(4-10-22)26(30)31/h1-4,7-10,13-15,20,23H,5-6,11-12,16,28-29H2,(H3,30,31). The van der Waals surface area contributed by atoms with Crippen LogP contribution < -0.4 is 26.7 Å². The van der Waals surface area contributed by atoms with Gasteiger partial charge in [0.2, 0.25) is 0 Å². The lowest BCUT2D eigenvalue weighted by molar-refractivity contribution is 0.0196. The van der Waals surface area contributed by atoms with Crippen molar-refractivity contribution in [1.82, 2.24) is 0 Å². The van der Waals surface area contributed by atoms with Gasteiger partial charge in [0.25, 0.3) is 0 Å². The largest absolute Gasteiger partial charge is 0.459 e. The number of benzene rings is 3. The molecule has 0 bridgehead atoms. The average molecular weight is 475 g/mol. The van der Waals surface area contributed by atoms with Crippen LogP contribution in [0.1, 0.15) is 47.2 Å². The third-order valence-corrected chi connectivity index (χ3v) is 5.90. The first-order valence-corrected chi connectivity index (χ1v) is 11.6. The second kappa shape index (κ2) is 11.0. The van der Waals surface area contributed by atoms with Crippen LogP contribution in [0.3, 0.4) is 0 Å². The van der Waals surface area contributed by atoms with Crippen molar-refractivity contribution < 1.29 is 19.0 Å². The van der Waals surface area contributed by atoms with Crippen LogP contribution in [0.15, 0.2) is 66.7 Å². The van der Waals surface area contributed by atoms with Crippen LogP contribution >= 0.6 is 0 Å². The molecule has 8 nitrogen and oxygen atoms in total. The van der Waals surface area contributed by atoms with Gasteiger partial charge in [-0.1, -0.05) is 12.1 Å². The van der Waals surface area contributed by atoms with E-state index < -0.39 is 5.97 Å². The molecule has 3 aromatic rings. The predicted octanol–water partition coefficient (Wildman–Crippen LogP) is 4.44. The number of amidine groups is 1. The van der Waals surface area contributed by atoms with Crippen molar-refractivity contribution in [3.8, 4) is 23.0 Å². The topological polar surface area (TPSA) is 147 Å². The van der Waals surface area contributed by atoms with Crippen molar-refractivity contribution in [2.75, 3.05) is 0 Å². The zero-order valence-electron chi connectivity index (χ0n) is 19.4. The Hall–Kier alpha value is -3.88. The van der Waals surface area contributed by atoms with Gasteiger partial charge >= 0.3 is 5.97 Å². The molecule has 0 atom stereocenters. The smallest absolute Gasteiger partial charge is 0.338 e. The minimum absolute atomic E-state index is 0.0266. The molecule has 1 saturated carbocycles. The van der Waals surface area contributed by atoms with Crippen molar-refractivity contribution >= 4 is 11.8 Å². The van der Waals surface area contributed by atoms with Gasteiger partial charge in [-0.15, -0.1) is 0 Å². The van der Waals surface area contributed by atoms with Gasteiger partial charge in [0.15, 0.2) is 0 Å². The maximum Gasteiger partial charge on any atom is 0.338 e. The van der Waals surface area contributed by atoms with Gasteiger partial charge in [-0.05, 0) is 79.8 Å². The number of carbonyl (C=O) groups excluding carboxylic acids is 1. The molecule has 1 aliphatic rings. The van der Waals surface area contributed by atoms with Crippen LogP contribution in [0.2, 0.25) is 0 Å². The Morgan fingerprint density at radius 3 is 1.86 bits per heavy atom. The summed E-state index contributed by atoms with van der Waals surface area (Å²) < 4.78 is 17.8. The fourth-order valence-electron chi connectivity index (χ4n) is 3.90. The predicted molar refractivity (Wildman–Crippen MR) is 134 cm³/mol. The highest BCUT2D eigenvalue weighted by Crippen LogP contribution is 2.32. The second-order valence-electron chi connectivity index (χ2n) is 8.63. The third-order valence-electron chi connectivity index (χ3n) is 5.90. The van der Waals surface area contributed by atoms with Gasteiger partial charge < -0.3 is 31.4 Å². The highest BCUT2D eigenvalue weighted by atomic mass is 16.5. The second-order valence-corrected chi connectivity index (χ2v) is 8.63. The average Bonchev–Trinajstić information content (AvgIpc) is 2.86. The van der Waals surface area contributed by atoms with Crippen molar-refractivity contribution in [2.24, 2.45) is 17.2 Å². The quantitative estimate of drug-likeness (QED) is 0.214. The molecule has 0 aromatic heterocycles. The van der Waals surface area contributed by atoms with E-state index in [0.717, 1.165) is 31.2 Å². The Balaban J connectivity index is 1.57. The molecule has 0 spiro atoms. The molecule has 0 unspecified atom stereocenters. The summed E-state index contributed by atoms with van der Waals surface area (Å²) in [6.07, 6.45) is 3.03. The molecule has 1 aliphatic carbocycles. The highest BCUT2D eigenvalue weighted by molar-refractivity contribution is 5.95. The number of hydrogen-bond donors (Lipinski definition) is 4. The van der Waals surface area contributed by atoms with Crippen LogP contribution in [-0.4, -0.2) is 24.0 Å². The molecule has 8 heteroatoms. The molecule has 0 radical (unpaired) electrons.